The maximum Gasteiger partial charge on any atom is 0.133 e. The first-order valence-corrected chi connectivity index (χ1v) is 7.62. The van der Waals surface area contributed by atoms with E-state index in [9.17, 15) is 5.11 Å². The fraction of sp³-hybridized carbons (Fsp3) is 0.600. The van der Waals surface area contributed by atoms with Crippen LogP contribution in [0.2, 0.25) is 0 Å². The van der Waals surface area contributed by atoms with Gasteiger partial charge in [-0.1, -0.05) is 25.7 Å². The van der Waals surface area contributed by atoms with Crippen molar-refractivity contribution in [1.82, 2.24) is 0 Å². The molecule has 1 aromatic carbocycles. The number of halogens is 1. The number of rotatable bonds is 6. The molecule has 4 heteroatoms. The summed E-state index contributed by atoms with van der Waals surface area (Å²) in [6, 6.07) is 5.56. The average molecular weight is 329 g/mol. The number of ether oxygens (including phenoxy) is 2. The lowest BCUT2D eigenvalue weighted by Gasteiger charge is -2.16. The predicted molar refractivity (Wildman–Crippen MR) is 78.8 cm³/mol. The van der Waals surface area contributed by atoms with E-state index in [-0.39, 0.29) is 6.10 Å². The number of benzene rings is 1. The molecule has 0 amide bonds. The van der Waals surface area contributed by atoms with Gasteiger partial charge in [0.25, 0.3) is 0 Å². The molecule has 1 atom stereocenters. The van der Waals surface area contributed by atoms with Crippen LogP contribution in [0.4, 0.5) is 0 Å². The molecule has 19 heavy (non-hydrogen) atoms. The van der Waals surface area contributed by atoms with Crippen LogP contribution in [0.1, 0.15) is 32.1 Å². The second kappa shape index (κ2) is 7.15. The lowest BCUT2D eigenvalue weighted by molar-refractivity contribution is 0.0852. The van der Waals surface area contributed by atoms with E-state index >= 15 is 0 Å². The lowest BCUT2D eigenvalue weighted by atomic mass is 10.0. The number of aliphatic hydroxyl groups is 1. The van der Waals surface area contributed by atoms with Crippen LogP contribution < -0.4 is 9.47 Å². The van der Waals surface area contributed by atoms with Crippen LogP contribution in [-0.4, -0.2) is 24.9 Å². The Kier molecular flexibility index (Phi) is 5.52. The van der Waals surface area contributed by atoms with Crippen molar-refractivity contribution >= 4 is 15.9 Å². The normalized spacial score (nSPS) is 17.4. The van der Waals surface area contributed by atoms with Crippen molar-refractivity contribution in [1.29, 1.82) is 0 Å². The Morgan fingerprint density at radius 1 is 1.37 bits per heavy atom. The number of aliphatic hydroxyl groups excluding tert-OH is 1. The van der Waals surface area contributed by atoms with Gasteiger partial charge in [-0.3, -0.25) is 0 Å². The van der Waals surface area contributed by atoms with Gasteiger partial charge in [0.2, 0.25) is 0 Å². The summed E-state index contributed by atoms with van der Waals surface area (Å²) in [7, 11) is 1.63. The summed E-state index contributed by atoms with van der Waals surface area (Å²) in [4.78, 5) is 0. The van der Waals surface area contributed by atoms with Crippen LogP contribution >= 0.6 is 15.9 Å². The molecule has 1 aliphatic rings. The van der Waals surface area contributed by atoms with E-state index in [1.165, 1.54) is 25.7 Å². The highest BCUT2D eigenvalue weighted by molar-refractivity contribution is 9.10. The van der Waals surface area contributed by atoms with Gasteiger partial charge >= 0.3 is 0 Å². The molecular formula is C15H21BrO3. The Morgan fingerprint density at radius 2 is 2.11 bits per heavy atom. The molecule has 1 fully saturated rings. The minimum atomic E-state index is -0.378. The van der Waals surface area contributed by atoms with Crippen LogP contribution in [0, 0.1) is 5.92 Å². The quantitative estimate of drug-likeness (QED) is 0.863. The lowest BCUT2D eigenvalue weighted by Crippen LogP contribution is -2.20. The molecule has 1 N–H and O–H groups in total. The number of methoxy groups -OCH3 is 1. The average Bonchev–Trinajstić information content (AvgIpc) is 2.90. The van der Waals surface area contributed by atoms with Crippen LogP contribution in [0.15, 0.2) is 22.7 Å². The van der Waals surface area contributed by atoms with Gasteiger partial charge in [-0.2, -0.15) is 0 Å². The van der Waals surface area contributed by atoms with Crippen molar-refractivity contribution < 1.29 is 14.6 Å². The van der Waals surface area contributed by atoms with Crippen molar-refractivity contribution in [2.45, 2.75) is 38.2 Å². The van der Waals surface area contributed by atoms with Crippen molar-refractivity contribution in [2.75, 3.05) is 13.7 Å². The number of hydrogen-bond donors (Lipinski definition) is 1. The summed E-state index contributed by atoms with van der Waals surface area (Å²) >= 11 is 3.44. The summed E-state index contributed by atoms with van der Waals surface area (Å²) in [5.74, 6) is 2.20. The molecule has 3 nitrogen and oxygen atoms in total. The fourth-order valence-electron chi connectivity index (χ4n) is 2.61. The van der Waals surface area contributed by atoms with Gasteiger partial charge in [0.15, 0.2) is 0 Å². The predicted octanol–water partition coefficient (Wildman–Crippen LogP) is 3.78. The third kappa shape index (κ3) is 4.39. The van der Waals surface area contributed by atoms with Gasteiger partial charge in [-0.05, 0) is 46.5 Å². The van der Waals surface area contributed by atoms with Crippen LogP contribution in [0.5, 0.6) is 11.5 Å². The number of hydrogen-bond acceptors (Lipinski definition) is 3. The molecule has 106 valence electrons. The van der Waals surface area contributed by atoms with Crippen LogP contribution in [0.25, 0.3) is 0 Å². The van der Waals surface area contributed by atoms with Gasteiger partial charge in [0.1, 0.15) is 18.1 Å². The van der Waals surface area contributed by atoms with Gasteiger partial charge in [-0.25, -0.2) is 0 Å². The molecular weight excluding hydrogens is 308 g/mol. The maximum atomic E-state index is 10.00. The largest absolute Gasteiger partial charge is 0.497 e. The SMILES string of the molecule is COc1ccc(OCC(O)CC2CCCC2)c(Br)c1. The molecule has 0 aromatic heterocycles. The molecule has 0 saturated heterocycles. The monoisotopic (exact) mass is 328 g/mol. The molecule has 0 heterocycles. The minimum absolute atomic E-state index is 0.349. The third-order valence-corrected chi connectivity index (χ3v) is 4.27. The third-order valence-electron chi connectivity index (χ3n) is 3.65. The Hall–Kier alpha value is -0.740. The van der Waals surface area contributed by atoms with E-state index in [1.54, 1.807) is 7.11 Å². The first-order valence-electron chi connectivity index (χ1n) is 6.83. The van der Waals surface area contributed by atoms with Crippen molar-refractivity contribution in [3.8, 4) is 11.5 Å². The molecule has 0 spiro atoms. The van der Waals surface area contributed by atoms with E-state index in [4.69, 9.17) is 9.47 Å². The molecule has 0 bridgehead atoms. The second-order valence-corrected chi connectivity index (χ2v) is 6.00. The molecule has 0 aliphatic heterocycles. The van der Waals surface area contributed by atoms with Crippen molar-refractivity contribution in [2.24, 2.45) is 5.92 Å². The molecule has 0 radical (unpaired) electrons. The Morgan fingerprint density at radius 3 is 2.74 bits per heavy atom. The molecule has 1 unspecified atom stereocenters. The summed E-state index contributed by atoms with van der Waals surface area (Å²) in [6.07, 6.45) is 5.60. The molecule has 1 aliphatic carbocycles. The van der Waals surface area contributed by atoms with Gasteiger partial charge in [0.05, 0.1) is 17.7 Å². The van der Waals surface area contributed by atoms with Gasteiger partial charge in [0, 0.05) is 0 Å². The Balaban J connectivity index is 1.80. The van der Waals surface area contributed by atoms with Gasteiger partial charge in [-0.15, -0.1) is 0 Å². The minimum Gasteiger partial charge on any atom is -0.497 e. The van der Waals surface area contributed by atoms with E-state index in [1.807, 2.05) is 18.2 Å². The second-order valence-electron chi connectivity index (χ2n) is 5.15. The van der Waals surface area contributed by atoms with E-state index in [0.29, 0.717) is 12.5 Å². The zero-order chi connectivity index (χ0) is 13.7. The van der Waals surface area contributed by atoms with E-state index in [0.717, 1.165) is 22.4 Å². The van der Waals surface area contributed by atoms with Crippen molar-refractivity contribution in [3.05, 3.63) is 22.7 Å². The standard InChI is InChI=1S/C15H21BrO3/c1-18-13-6-7-15(14(16)9-13)19-10-12(17)8-11-4-2-3-5-11/h6-7,9,11-12,17H,2-5,8,10H2,1H3. The fourth-order valence-corrected chi connectivity index (χ4v) is 3.08. The van der Waals surface area contributed by atoms with E-state index in [2.05, 4.69) is 15.9 Å². The zero-order valence-electron chi connectivity index (χ0n) is 11.3. The molecule has 1 saturated carbocycles. The Bertz CT molecular complexity index is 402. The summed E-state index contributed by atoms with van der Waals surface area (Å²) < 4.78 is 11.6. The summed E-state index contributed by atoms with van der Waals surface area (Å²) in [6.45, 7) is 0.349. The highest BCUT2D eigenvalue weighted by Gasteiger charge is 2.19. The zero-order valence-corrected chi connectivity index (χ0v) is 12.9. The smallest absolute Gasteiger partial charge is 0.133 e. The van der Waals surface area contributed by atoms with Crippen LogP contribution in [-0.2, 0) is 0 Å². The highest BCUT2D eigenvalue weighted by Crippen LogP contribution is 2.31. The summed E-state index contributed by atoms with van der Waals surface area (Å²) in [5, 5.41) is 10.00. The Labute approximate surface area is 123 Å². The van der Waals surface area contributed by atoms with Crippen LogP contribution in [0.3, 0.4) is 0 Å². The van der Waals surface area contributed by atoms with Crippen molar-refractivity contribution in [3.63, 3.8) is 0 Å². The first kappa shape index (κ1) is 14.7. The highest BCUT2D eigenvalue weighted by atomic mass is 79.9. The topological polar surface area (TPSA) is 38.7 Å². The first-order chi connectivity index (χ1) is 9.19. The van der Waals surface area contributed by atoms with Gasteiger partial charge < -0.3 is 14.6 Å². The summed E-state index contributed by atoms with van der Waals surface area (Å²) in [5.41, 5.74) is 0. The molecule has 1 aromatic rings. The maximum absolute atomic E-state index is 10.00. The molecule has 2 rings (SSSR count). The van der Waals surface area contributed by atoms with E-state index < -0.39 is 0 Å².